The average molecular weight is 325 g/mol. The van der Waals surface area contributed by atoms with Crippen LogP contribution in [-0.4, -0.2) is 31.1 Å². The van der Waals surface area contributed by atoms with Gasteiger partial charge in [0.1, 0.15) is 11.8 Å². The fourth-order valence-corrected chi connectivity index (χ4v) is 3.32. The van der Waals surface area contributed by atoms with Crippen LogP contribution < -0.4 is 4.74 Å². The number of fused-ring (bicyclic) bond motifs is 1. The molecule has 1 N–H and O–H groups in total. The molecular weight excluding hydrogens is 302 g/mol. The van der Waals surface area contributed by atoms with E-state index in [-0.39, 0.29) is 6.10 Å². The number of pyridine rings is 1. The highest BCUT2D eigenvalue weighted by atomic mass is 16.5. The standard InChI is InChI=1S/C18H23N5O/c1-12(2)23-11-13(10-20-23)17-16-15(21-22-17)8-9-19-18(16)24-14-6-4-3-5-7-14/h8-12,14H,3-7H2,1-2H3,(H,21,22). The maximum atomic E-state index is 6.24. The Labute approximate surface area is 141 Å². The lowest BCUT2D eigenvalue weighted by molar-refractivity contribution is 0.151. The SMILES string of the molecule is CC(C)n1cc(-c2n[nH]c3ccnc(OC4CCCCC4)c23)cn1. The van der Waals surface area contributed by atoms with Gasteiger partial charge >= 0.3 is 0 Å². The van der Waals surface area contributed by atoms with E-state index in [1.54, 1.807) is 6.20 Å². The van der Waals surface area contributed by atoms with Crippen LogP contribution in [0.3, 0.4) is 0 Å². The molecule has 0 amide bonds. The molecule has 6 nitrogen and oxygen atoms in total. The summed E-state index contributed by atoms with van der Waals surface area (Å²) in [4.78, 5) is 4.49. The minimum atomic E-state index is 0.262. The molecule has 3 aromatic rings. The lowest BCUT2D eigenvalue weighted by Crippen LogP contribution is -2.20. The molecule has 3 aromatic heterocycles. The van der Waals surface area contributed by atoms with Crippen molar-refractivity contribution in [1.82, 2.24) is 25.0 Å². The van der Waals surface area contributed by atoms with E-state index in [1.165, 1.54) is 19.3 Å². The summed E-state index contributed by atoms with van der Waals surface area (Å²) < 4.78 is 8.18. The van der Waals surface area contributed by atoms with Crippen molar-refractivity contribution >= 4 is 10.9 Å². The second-order valence-corrected chi connectivity index (χ2v) is 6.79. The number of hydrogen-bond acceptors (Lipinski definition) is 4. The van der Waals surface area contributed by atoms with Crippen LogP contribution in [0.4, 0.5) is 0 Å². The Bertz CT molecular complexity index is 829. The van der Waals surface area contributed by atoms with Gasteiger partial charge in [0.25, 0.3) is 0 Å². The van der Waals surface area contributed by atoms with Gasteiger partial charge < -0.3 is 4.74 Å². The van der Waals surface area contributed by atoms with E-state index in [9.17, 15) is 0 Å². The molecule has 3 heterocycles. The van der Waals surface area contributed by atoms with Crippen molar-refractivity contribution in [2.75, 3.05) is 0 Å². The quantitative estimate of drug-likeness (QED) is 0.783. The van der Waals surface area contributed by atoms with Crippen LogP contribution in [0, 0.1) is 0 Å². The number of rotatable bonds is 4. The highest BCUT2D eigenvalue weighted by molar-refractivity contribution is 5.96. The molecule has 126 valence electrons. The van der Waals surface area contributed by atoms with Crippen molar-refractivity contribution in [2.45, 2.75) is 58.1 Å². The Balaban J connectivity index is 1.73. The Hall–Kier alpha value is -2.37. The fraction of sp³-hybridized carbons (Fsp3) is 0.500. The predicted molar refractivity (Wildman–Crippen MR) is 93.0 cm³/mol. The summed E-state index contributed by atoms with van der Waals surface area (Å²) in [7, 11) is 0. The summed E-state index contributed by atoms with van der Waals surface area (Å²) >= 11 is 0. The van der Waals surface area contributed by atoms with Crippen molar-refractivity contribution < 1.29 is 4.74 Å². The average Bonchev–Trinajstić information content (AvgIpc) is 3.23. The highest BCUT2D eigenvalue weighted by Crippen LogP contribution is 2.34. The molecule has 1 fully saturated rings. The first kappa shape index (κ1) is 15.2. The number of ether oxygens (including phenoxy) is 1. The third kappa shape index (κ3) is 2.77. The Morgan fingerprint density at radius 1 is 1.25 bits per heavy atom. The van der Waals surface area contributed by atoms with E-state index in [1.807, 2.05) is 23.1 Å². The van der Waals surface area contributed by atoms with Crippen LogP contribution in [0.25, 0.3) is 22.2 Å². The smallest absolute Gasteiger partial charge is 0.225 e. The van der Waals surface area contributed by atoms with Crippen LogP contribution >= 0.6 is 0 Å². The molecule has 4 rings (SSSR count). The Kier molecular flexibility index (Phi) is 3.96. The summed E-state index contributed by atoms with van der Waals surface area (Å²) in [6, 6.07) is 2.26. The van der Waals surface area contributed by atoms with Gasteiger partial charge in [-0.15, -0.1) is 0 Å². The lowest BCUT2D eigenvalue weighted by atomic mass is 9.98. The molecule has 0 spiro atoms. The monoisotopic (exact) mass is 325 g/mol. The predicted octanol–water partition coefficient (Wildman–Crippen LogP) is 4.11. The van der Waals surface area contributed by atoms with Crippen molar-refractivity contribution in [2.24, 2.45) is 0 Å². The zero-order valence-electron chi connectivity index (χ0n) is 14.2. The van der Waals surface area contributed by atoms with Gasteiger partial charge in [0.05, 0.1) is 17.1 Å². The summed E-state index contributed by atoms with van der Waals surface area (Å²) in [6.07, 6.45) is 11.9. The Morgan fingerprint density at radius 3 is 2.83 bits per heavy atom. The zero-order chi connectivity index (χ0) is 16.5. The second kappa shape index (κ2) is 6.26. The van der Waals surface area contributed by atoms with E-state index in [2.05, 4.69) is 34.1 Å². The summed E-state index contributed by atoms with van der Waals surface area (Å²) in [5.74, 6) is 0.681. The third-order valence-corrected chi connectivity index (χ3v) is 4.68. The number of nitrogens with one attached hydrogen (secondary N) is 1. The zero-order valence-corrected chi connectivity index (χ0v) is 14.2. The van der Waals surface area contributed by atoms with Gasteiger partial charge in [-0.25, -0.2) is 4.98 Å². The maximum Gasteiger partial charge on any atom is 0.225 e. The minimum absolute atomic E-state index is 0.262. The molecular formula is C18H23N5O. The van der Waals surface area contributed by atoms with Gasteiger partial charge in [0.15, 0.2) is 0 Å². The molecule has 0 unspecified atom stereocenters. The molecule has 0 atom stereocenters. The fourth-order valence-electron chi connectivity index (χ4n) is 3.32. The molecule has 6 heteroatoms. The topological polar surface area (TPSA) is 68.6 Å². The molecule has 0 aromatic carbocycles. The number of nitrogens with zero attached hydrogens (tertiary/aromatic N) is 4. The summed E-state index contributed by atoms with van der Waals surface area (Å²) in [5.41, 5.74) is 2.79. The first-order valence-electron chi connectivity index (χ1n) is 8.76. The number of aromatic amines is 1. The Morgan fingerprint density at radius 2 is 2.08 bits per heavy atom. The highest BCUT2D eigenvalue weighted by Gasteiger charge is 2.20. The molecule has 1 aliphatic rings. The first-order chi connectivity index (χ1) is 11.7. The van der Waals surface area contributed by atoms with Gasteiger partial charge in [-0.05, 0) is 45.6 Å². The van der Waals surface area contributed by atoms with Gasteiger partial charge in [-0.1, -0.05) is 6.42 Å². The van der Waals surface area contributed by atoms with E-state index < -0.39 is 0 Å². The summed E-state index contributed by atoms with van der Waals surface area (Å²) in [5, 5.41) is 13.0. The van der Waals surface area contributed by atoms with Gasteiger partial charge in [-0.2, -0.15) is 10.2 Å². The third-order valence-electron chi connectivity index (χ3n) is 4.68. The molecule has 0 bridgehead atoms. The van der Waals surface area contributed by atoms with Gasteiger partial charge in [0, 0.05) is 24.0 Å². The van der Waals surface area contributed by atoms with Crippen LogP contribution in [0.15, 0.2) is 24.7 Å². The van der Waals surface area contributed by atoms with Crippen LogP contribution in [0.1, 0.15) is 52.0 Å². The van der Waals surface area contributed by atoms with E-state index in [4.69, 9.17) is 4.74 Å². The van der Waals surface area contributed by atoms with E-state index in [0.717, 1.165) is 35.0 Å². The van der Waals surface area contributed by atoms with E-state index >= 15 is 0 Å². The van der Waals surface area contributed by atoms with E-state index in [0.29, 0.717) is 11.9 Å². The first-order valence-corrected chi connectivity index (χ1v) is 8.76. The largest absolute Gasteiger partial charge is 0.474 e. The number of H-pyrrole nitrogens is 1. The normalized spacial score (nSPS) is 16.1. The van der Waals surface area contributed by atoms with Crippen LogP contribution in [0.5, 0.6) is 5.88 Å². The lowest BCUT2D eigenvalue weighted by Gasteiger charge is -2.22. The van der Waals surface area contributed by atoms with Gasteiger partial charge in [0.2, 0.25) is 5.88 Å². The van der Waals surface area contributed by atoms with Crippen molar-refractivity contribution in [3.8, 4) is 17.1 Å². The number of aromatic nitrogens is 5. The summed E-state index contributed by atoms with van der Waals surface area (Å²) in [6.45, 7) is 4.22. The van der Waals surface area contributed by atoms with Crippen molar-refractivity contribution in [1.29, 1.82) is 0 Å². The molecule has 24 heavy (non-hydrogen) atoms. The minimum Gasteiger partial charge on any atom is -0.474 e. The number of hydrogen-bond donors (Lipinski definition) is 1. The van der Waals surface area contributed by atoms with Crippen molar-refractivity contribution in [3.05, 3.63) is 24.7 Å². The molecule has 1 aliphatic carbocycles. The second-order valence-electron chi connectivity index (χ2n) is 6.79. The van der Waals surface area contributed by atoms with Crippen LogP contribution in [0.2, 0.25) is 0 Å². The molecule has 0 radical (unpaired) electrons. The molecule has 0 aliphatic heterocycles. The van der Waals surface area contributed by atoms with Gasteiger partial charge in [-0.3, -0.25) is 9.78 Å². The maximum absolute atomic E-state index is 6.24. The molecule has 0 saturated heterocycles. The van der Waals surface area contributed by atoms with Crippen LogP contribution in [-0.2, 0) is 0 Å². The van der Waals surface area contributed by atoms with Crippen molar-refractivity contribution in [3.63, 3.8) is 0 Å². The molecule has 1 saturated carbocycles.